The first-order valence-corrected chi connectivity index (χ1v) is 11.1. The van der Waals surface area contributed by atoms with Gasteiger partial charge >= 0.3 is 0 Å². The molecule has 0 bridgehead atoms. The summed E-state index contributed by atoms with van der Waals surface area (Å²) in [5, 5.41) is 4.95. The number of nitrogens with one attached hydrogen (secondary N) is 1. The highest BCUT2D eigenvalue weighted by Crippen LogP contribution is 2.30. The molecular formula is C26H35N3O. The van der Waals surface area contributed by atoms with Gasteiger partial charge < -0.3 is 15.0 Å². The fourth-order valence-corrected chi connectivity index (χ4v) is 3.87. The first-order valence-electron chi connectivity index (χ1n) is 11.1. The van der Waals surface area contributed by atoms with Crippen molar-refractivity contribution in [1.82, 2.24) is 9.88 Å². The van der Waals surface area contributed by atoms with Gasteiger partial charge in [0, 0.05) is 22.7 Å². The van der Waals surface area contributed by atoms with Crippen LogP contribution in [-0.2, 0) is 0 Å². The van der Waals surface area contributed by atoms with E-state index in [0.29, 0.717) is 6.04 Å². The molecule has 0 aliphatic heterocycles. The standard InChI is InChI=1S/C26H35N3O/c1-6-29(7-2)16-8-9-20(4)27-26-18-25(21-11-13-22(30-5)14-12-21)28-24-15-10-19(3)17-23(24)26/h10-15,17-18,20H,6-9,16H2,1-5H3,(H,27,28). The predicted molar refractivity (Wildman–Crippen MR) is 129 cm³/mol. The molecule has 160 valence electrons. The lowest BCUT2D eigenvalue weighted by molar-refractivity contribution is 0.295. The first kappa shape index (κ1) is 22.1. The maximum atomic E-state index is 5.30. The highest BCUT2D eigenvalue weighted by molar-refractivity contribution is 5.94. The summed E-state index contributed by atoms with van der Waals surface area (Å²) in [6.07, 6.45) is 2.34. The van der Waals surface area contributed by atoms with Crippen molar-refractivity contribution < 1.29 is 4.74 Å². The van der Waals surface area contributed by atoms with E-state index in [4.69, 9.17) is 9.72 Å². The monoisotopic (exact) mass is 405 g/mol. The smallest absolute Gasteiger partial charge is 0.118 e. The van der Waals surface area contributed by atoms with E-state index in [-0.39, 0.29) is 0 Å². The number of hydrogen-bond donors (Lipinski definition) is 1. The molecule has 0 aliphatic carbocycles. The predicted octanol–water partition coefficient (Wildman–Crippen LogP) is 6.14. The molecule has 1 heterocycles. The van der Waals surface area contributed by atoms with Crippen LogP contribution in [0.1, 0.15) is 39.2 Å². The van der Waals surface area contributed by atoms with Crippen LogP contribution < -0.4 is 10.1 Å². The summed E-state index contributed by atoms with van der Waals surface area (Å²) in [5.41, 5.74) is 5.50. The Kier molecular flexibility index (Phi) is 7.69. The van der Waals surface area contributed by atoms with Gasteiger partial charge in [-0.25, -0.2) is 4.98 Å². The summed E-state index contributed by atoms with van der Waals surface area (Å²) in [5.74, 6) is 0.857. The lowest BCUT2D eigenvalue weighted by Gasteiger charge is -2.21. The van der Waals surface area contributed by atoms with E-state index >= 15 is 0 Å². The van der Waals surface area contributed by atoms with Crippen LogP contribution in [0.5, 0.6) is 5.75 Å². The molecule has 0 spiro atoms. The molecule has 3 rings (SSSR count). The lowest BCUT2D eigenvalue weighted by atomic mass is 10.0. The zero-order valence-electron chi connectivity index (χ0n) is 19.0. The number of nitrogens with zero attached hydrogens (tertiary/aromatic N) is 2. The normalized spacial score (nSPS) is 12.3. The van der Waals surface area contributed by atoms with E-state index in [1.54, 1.807) is 7.11 Å². The van der Waals surface area contributed by atoms with Crippen LogP contribution in [0, 0.1) is 6.92 Å². The second-order valence-corrected chi connectivity index (χ2v) is 8.02. The minimum Gasteiger partial charge on any atom is -0.497 e. The highest BCUT2D eigenvalue weighted by atomic mass is 16.5. The SMILES string of the molecule is CCN(CC)CCCC(C)Nc1cc(-c2ccc(OC)cc2)nc2ccc(C)cc12. The Hall–Kier alpha value is -2.59. The number of pyridine rings is 1. The summed E-state index contributed by atoms with van der Waals surface area (Å²) in [6, 6.07) is 17.2. The van der Waals surface area contributed by atoms with Crippen molar-refractivity contribution in [2.75, 3.05) is 32.1 Å². The molecular weight excluding hydrogens is 370 g/mol. The summed E-state index contributed by atoms with van der Waals surface area (Å²) < 4.78 is 5.30. The van der Waals surface area contributed by atoms with Crippen LogP contribution in [-0.4, -0.2) is 42.7 Å². The third kappa shape index (κ3) is 5.51. The van der Waals surface area contributed by atoms with Crippen LogP contribution in [0.25, 0.3) is 22.2 Å². The Morgan fingerprint density at radius 3 is 2.43 bits per heavy atom. The fraction of sp³-hybridized carbons (Fsp3) is 0.423. The van der Waals surface area contributed by atoms with E-state index in [1.807, 2.05) is 12.1 Å². The summed E-state index contributed by atoms with van der Waals surface area (Å²) >= 11 is 0. The number of aryl methyl sites for hydroxylation is 1. The van der Waals surface area contributed by atoms with Crippen LogP contribution in [0.3, 0.4) is 0 Å². The number of anilines is 1. The lowest BCUT2D eigenvalue weighted by Crippen LogP contribution is -2.25. The molecule has 0 fully saturated rings. The first-order chi connectivity index (χ1) is 14.5. The molecule has 1 atom stereocenters. The number of aromatic nitrogens is 1. The maximum absolute atomic E-state index is 5.30. The third-order valence-corrected chi connectivity index (χ3v) is 5.76. The van der Waals surface area contributed by atoms with Crippen molar-refractivity contribution >= 4 is 16.6 Å². The van der Waals surface area contributed by atoms with Gasteiger partial charge in [0.05, 0.1) is 18.3 Å². The number of hydrogen-bond acceptors (Lipinski definition) is 4. The number of benzene rings is 2. The summed E-state index contributed by atoms with van der Waals surface area (Å²) in [4.78, 5) is 7.42. The van der Waals surface area contributed by atoms with Crippen LogP contribution in [0.4, 0.5) is 5.69 Å². The van der Waals surface area contributed by atoms with Gasteiger partial charge in [0.25, 0.3) is 0 Å². The van der Waals surface area contributed by atoms with Gasteiger partial charge in [-0.2, -0.15) is 0 Å². The van der Waals surface area contributed by atoms with Gasteiger partial charge in [0.1, 0.15) is 5.75 Å². The molecule has 3 aromatic rings. The Balaban J connectivity index is 1.85. The number of rotatable bonds is 10. The molecule has 0 saturated carbocycles. The maximum Gasteiger partial charge on any atom is 0.118 e. The van der Waals surface area contributed by atoms with Gasteiger partial charge in [0.15, 0.2) is 0 Å². The van der Waals surface area contributed by atoms with E-state index in [2.05, 4.69) is 74.3 Å². The molecule has 0 radical (unpaired) electrons. The average Bonchev–Trinajstić information content (AvgIpc) is 2.77. The van der Waals surface area contributed by atoms with Gasteiger partial charge in [0.2, 0.25) is 0 Å². The minimum atomic E-state index is 0.399. The topological polar surface area (TPSA) is 37.4 Å². The summed E-state index contributed by atoms with van der Waals surface area (Å²) in [6.45, 7) is 12.3. The Morgan fingerprint density at radius 2 is 1.77 bits per heavy atom. The zero-order chi connectivity index (χ0) is 21.5. The Bertz CT molecular complexity index is 948. The number of ether oxygens (including phenoxy) is 1. The Morgan fingerprint density at radius 1 is 1.03 bits per heavy atom. The van der Waals surface area contributed by atoms with Gasteiger partial charge in [-0.15, -0.1) is 0 Å². The molecule has 4 nitrogen and oxygen atoms in total. The van der Waals surface area contributed by atoms with Crippen LogP contribution in [0.15, 0.2) is 48.5 Å². The van der Waals surface area contributed by atoms with Crippen molar-refractivity contribution in [1.29, 1.82) is 0 Å². The minimum absolute atomic E-state index is 0.399. The van der Waals surface area contributed by atoms with Gasteiger partial charge in [-0.3, -0.25) is 0 Å². The molecule has 4 heteroatoms. The largest absolute Gasteiger partial charge is 0.497 e. The highest BCUT2D eigenvalue weighted by Gasteiger charge is 2.11. The summed E-state index contributed by atoms with van der Waals surface area (Å²) in [7, 11) is 1.69. The Labute approximate surface area is 181 Å². The zero-order valence-corrected chi connectivity index (χ0v) is 19.0. The van der Waals surface area contributed by atoms with Crippen molar-refractivity contribution in [3.8, 4) is 17.0 Å². The van der Waals surface area contributed by atoms with Crippen molar-refractivity contribution in [2.45, 2.75) is 46.6 Å². The molecule has 0 saturated heterocycles. The van der Waals surface area contributed by atoms with E-state index in [9.17, 15) is 0 Å². The van der Waals surface area contributed by atoms with E-state index < -0.39 is 0 Å². The molecule has 1 aromatic heterocycles. The molecule has 1 N–H and O–H groups in total. The quantitative estimate of drug-likeness (QED) is 0.439. The van der Waals surface area contributed by atoms with Crippen LogP contribution in [0.2, 0.25) is 0 Å². The average molecular weight is 406 g/mol. The van der Waals surface area contributed by atoms with Gasteiger partial charge in [-0.1, -0.05) is 25.5 Å². The van der Waals surface area contributed by atoms with Crippen LogP contribution >= 0.6 is 0 Å². The molecule has 0 amide bonds. The molecule has 2 aromatic carbocycles. The van der Waals surface area contributed by atoms with E-state index in [0.717, 1.165) is 54.3 Å². The van der Waals surface area contributed by atoms with E-state index in [1.165, 1.54) is 17.4 Å². The van der Waals surface area contributed by atoms with Crippen molar-refractivity contribution in [3.05, 3.63) is 54.1 Å². The third-order valence-electron chi connectivity index (χ3n) is 5.76. The number of fused-ring (bicyclic) bond motifs is 1. The second kappa shape index (κ2) is 10.4. The molecule has 0 aliphatic rings. The van der Waals surface area contributed by atoms with Crippen molar-refractivity contribution in [3.63, 3.8) is 0 Å². The molecule has 1 unspecified atom stereocenters. The fourth-order valence-electron chi connectivity index (χ4n) is 3.87. The number of methoxy groups -OCH3 is 1. The second-order valence-electron chi connectivity index (χ2n) is 8.02. The molecule has 30 heavy (non-hydrogen) atoms. The van der Waals surface area contributed by atoms with Crippen molar-refractivity contribution in [2.24, 2.45) is 0 Å². The van der Waals surface area contributed by atoms with Gasteiger partial charge in [-0.05, 0) is 88.8 Å².